The highest BCUT2D eigenvalue weighted by Gasteiger charge is 2.25. The predicted octanol–water partition coefficient (Wildman–Crippen LogP) is 4.12. The number of benzene rings is 2. The molecule has 0 atom stereocenters. The van der Waals surface area contributed by atoms with Crippen molar-refractivity contribution in [2.45, 2.75) is 39.0 Å². The Balaban J connectivity index is 1.30. The average Bonchev–Trinajstić information content (AvgIpc) is 3.60. The number of carbonyl (C=O) groups excluding carboxylic acids is 2. The van der Waals surface area contributed by atoms with E-state index >= 15 is 0 Å². The molecule has 4 aromatic rings. The first-order chi connectivity index (χ1) is 18.3. The van der Waals surface area contributed by atoms with Gasteiger partial charge in [-0.25, -0.2) is 4.98 Å². The van der Waals surface area contributed by atoms with Crippen LogP contribution >= 0.6 is 0 Å². The topological polar surface area (TPSA) is 139 Å². The molecule has 0 saturated heterocycles. The van der Waals surface area contributed by atoms with Crippen LogP contribution in [0.2, 0.25) is 0 Å². The number of hydrogen-bond donors (Lipinski definition) is 4. The molecule has 4 rings (SSSR count). The minimum atomic E-state index is -0.783. The van der Waals surface area contributed by atoms with E-state index in [-0.39, 0.29) is 6.61 Å². The summed E-state index contributed by atoms with van der Waals surface area (Å²) in [5.74, 6) is 0.719. The lowest BCUT2D eigenvalue weighted by Crippen LogP contribution is -2.49. The molecule has 0 bridgehead atoms. The number of nitrogens with one attached hydrogen (secondary N) is 3. The van der Waals surface area contributed by atoms with Crippen LogP contribution in [-0.2, 0) is 29.2 Å². The van der Waals surface area contributed by atoms with E-state index in [2.05, 4.69) is 20.9 Å². The highest BCUT2D eigenvalue weighted by atomic mass is 16.5. The molecule has 2 heterocycles. The Kier molecular flexibility index (Phi) is 8.12. The monoisotopic (exact) mass is 518 g/mol. The third-order valence-electron chi connectivity index (χ3n) is 5.76. The van der Waals surface area contributed by atoms with Gasteiger partial charge in [0, 0.05) is 23.0 Å². The highest BCUT2D eigenvalue weighted by molar-refractivity contribution is 6.39. The number of methoxy groups -OCH3 is 1. The van der Waals surface area contributed by atoms with E-state index in [0.717, 1.165) is 17.0 Å². The van der Waals surface area contributed by atoms with Crippen LogP contribution in [-0.4, -0.2) is 34.6 Å². The Labute approximate surface area is 220 Å². The second-order valence-electron chi connectivity index (χ2n) is 9.33. The maximum Gasteiger partial charge on any atom is 0.313 e. The van der Waals surface area contributed by atoms with Gasteiger partial charge in [-0.15, -0.1) is 0 Å². The predicted molar refractivity (Wildman–Crippen MR) is 141 cm³/mol. The summed E-state index contributed by atoms with van der Waals surface area (Å²) >= 11 is 0. The molecule has 0 spiro atoms. The minimum Gasteiger partial charge on any atom is -0.496 e. The smallest absolute Gasteiger partial charge is 0.313 e. The molecule has 0 unspecified atom stereocenters. The van der Waals surface area contributed by atoms with Crippen molar-refractivity contribution in [3.63, 3.8) is 0 Å². The van der Waals surface area contributed by atoms with Gasteiger partial charge < -0.3 is 34.6 Å². The zero-order valence-corrected chi connectivity index (χ0v) is 21.4. The van der Waals surface area contributed by atoms with Crippen LogP contribution in [0.25, 0.3) is 11.3 Å². The number of aliphatic hydroxyl groups is 1. The van der Waals surface area contributed by atoms with Gasteiger partial charge in [-0.3, -0.25) is 9.59 Å². The van der Waals surface area contributed by atoms with Crippen LogP contribution in [0.4, 0.5) is 11.4 Å². The summed E-state index contributed by atoms with van der Waals surface area (Å²) in [6, 6.07) is 16.3. The first-order valence-corrected chi connectivity index (χ1v) is 12.0. The summed E-state index contributed by atoms with van der Waals surface area (Å²) in [6.45, 7) is 4.07. The summed E-state index contributed by atoms with van der Waals surface area (Å²) < 4.78 is 16.2. The number of furan rings is 1. The van der Waals surface area contributed by atoms with Gasteiger partial charge >= 0.3 is 11.8 Å². The number of amides is 2. The summed E-state index contributed by atoms with van der Waals surface area (Å²) in [6.07, 6.45) is 3.40. The number of nitrogens with zero attached hydrogens (tertiary/aromatic N) is 1. The van der Waals surface area contributed by atoms with E-state index in [1.807, 2.05) is 44.2 Å². The number of aliphatic hydroxyl groups excluding tert-OH is 1. The third-order valence-corrected chi connectivity index (χ3v) is 5.76. The molecule has 0 fully saturated rings. The summed E-state index contributed by atoms with van der Waals surface area (Å²) in [4.78, 5) is 29.1. The van der Waals surface area contributed by atoms with Crippen molar-refractivity contribution in [1.29, 1.82) is 0 Å². The van der Waals surface area contributed by atoms with E-state index in [0.29, 0.717) is 41.5 Å². The molecule has 2 amide bonds. The first kappa shape index (κ1) is 26.5. The lowest BCUT2D eigenvalue weighted by Gasteiger charge is -2.26. The molecule has 38 heavy (non-hydrogen) atoms. The standard InChI is InChI=1S/C28H30N4O6/c1-28(2,13-18-4-6-19(7-5-18)30-14-21-9-10-22(16-33)38-21)32-27(35)26(34)31-20-8-11-23(24(12-20)36-3)25-15-29-17-37-25/h4-12,15,17,30,33H,13-14,16H2,1-3H3,(H,31,34)(H,32,35). The maximum absolute atomic E-state index is 12.6. The number of hydrogen-bond acceptors (Lipinski definition) is 8. The molecule has 10 heteroatoms. The van der Waals surface area contributed by atoms with Crippen molar-refractivity contribution in [2.24, 2.45) is 0 Å². The van der Waals surface area contributed by atoms with Gasteiger partial charge in [0.05, 0.1) is 25.4 Å². The van der Waals surface area contributed by atoms with Crippen LogP contribution in [0.15, 0.2) is 76.0 Å². The van der Waals surface area contributed by atoms with Gasteiger partial charge in [0.15, 0.2) is 12.2 Å². The van der Waals surface area contributed by atoms with Crippen molar-refractivity contribution in [3.8, 4) is 17.1 Å². The molecule has 10 nitrogen and oxygen atoms in total. The fourth-order valence-electron chi connectivity index (χ4n) is 3.96. The molecule has 0 aliphatic heterocycles. The first-order valence-electron chi connectivity index (χ1n) is 12.0. The summed E-state index contributed by atoms with van der Waals surface area (Å²) in [5, 5.41) is 17.8. The molecule has 0 radical (unpaired) electrons. The molecular weight excluding hydrogens is 488 g/mol. The molecule has 0 aliphatic rings. The number of aromatic nitrogens is 1. The van der Waals surface area contributed by atoms with Crippen LogP contribution < -0.4 is 20.7 Å². The molecule has 2 aromatic carbocycles. The Morgan fingerprint density at radius 3 is 2.39 bits per heavy atom. The molecule has 2 aromatic heterocycles. The van der Waals surface area contributed by atoms with E-state index in [1.165, 1.54) is 13.5 Å². The molecule has 198 valence electrons. The van der Waals surface area contributed by atoms with Crippen LogP contribution in [0.1, 0.15) is 30.9 Å². The van der Waals surface area contributed by atoms with E-state index in [1.54, 1.807) is 30.5 Å². The Hall–Kier alpha value is -4.57. The molecular formula is C28H30N4O6. The second-order valence-corrected chi connectivity index (χ2v) is 9.33. The zero-order valence-electron chi connectivity index (χ0n) is 21.4. The SMILES string of the molecule is COc1cc(NC(=O)C(=O)NC(C)(C)Cc2ccc(NCc3ccc(CO)o3)cc2)ccc1-c1cnco1. The van der Waals surface area contributed by atoms with Crippen LogP contribution in [0, 0.1) is 0 Å². The van der Waals surface area contributed by atoms with Gasteiger partial charge in [0.1, 0.15) is 23.9 Å². The Bertz CT molecular complexity index is 1380. The number of ether oxygens (including phenoxy) is 1. The number of oxazole rings is 1. The van der Waals surface area contributed by atoms with Crippen LogP contribution in [0.3, 0.4) is 0 Å². The van der Waals surface area contributed by atoms with E-state index in [9.17, 15) is 9.59 Å². The quantitative estimate of drug-likeness (QED) is 0.230. The van der Waals surface area contributed by atoms with Crippen molar-refractivity contribution < 1.29 is 28.3 Å². The zero-order chi connectivity index (χ0) is 27.1. The number of rotatable bonds is 10. The van der Waals surface area contributed by atoms with E-state index in [4.69, 9.17) is 18.7 Å². The molecule has 4 N–H and O–H groups in total. The Morgan fingerprint density at radius 2 is 1.74 bits per heavy atom. The van der Waals surface area contributed by atoms with Crippen molar-refractivity contribution >= 4 is 23.2 Å². The number of carbonyl (C=O) groups is 2. The fourth-order valence-corrected chi connectivity index (χ4v) is 3.96. The largest absolute Gasteiger partial charge is 0.496 e. The second kappa shape index (κ2) is 11.7. The van der Waals surface area contributed by atoms with Gasteiger partial charge in [-0.1, -0.05) is 12.1 Å². The number of anilines is 2. The van der Waals surface area contributed by atoms with Gasteiger partial charge in [-0.2, -0.15) is 0 Å². The Morgan fingerprint density at radius 1 is 1.00 bits per heavy atom. The normalized spacial score (nSPS) is 11.2. The summed E-state index contributed by atoms with van der Waals surface area (Å²) in [7, 11) is 1.51. The van der Waals surface area contributed by atoms with Gasteiger partial charge in [0.25, 0.3) is 0 Å². The van der Waals surface area contributed by atoms with E-state index < -0.39 is 17.4 Å². The minimum absolute atomic E-state index is 0.130. The van der Waals surface area contributed by atoms with Gasteiger partial charge in [-0.05, 0) is 62.2 Å². The maximum atomic E-state index is 12.6. The molecule has 0 saturated carbocycles. The summed E-state index contributed by atoms with van der Waals surface area (Å²) in [5.41, 5.74) is 2.31. The highest BCUT2D eigenvalue weighted by Crippen LogP contribution is 2.32. The van der Waals surface area contributed by atoms with Gasteiger partial charge in [0.2, 0.25) is 0 Å². The fraction of sp³-hybridized carbons (Fsp3) is 0.250. The van der Waals surface area contributed by atoms with Crippen molar-refractivity contribution in [2.75, 3.05) is 17.7 Å². The van der Waals surface area contributed by atoms with Crippen LogP contribution in [0.5, 0.6) is 5.75 Å². The lowest BCUT2D eigenvalue weighted by molar-refractivity contribution is -0.137. The third kappa shape index (κ3) is 6.80. The van der Waals surface area contributed by atoms with Crippen molar-refractivity contribution in [3.05, 3.63) is 84.3 Å². The van der Waals surface area contributed by atoms with Crippen molar-refractivity contribution in [1.82, 2.24) is 10.3 Å². The average molecular weight is 519 g/mol. The molecule has 0 aliphatic carbocycles. The lowest BCUT2D eigenvalue weighted by atomic mass is 9.94.